The molecule has 1 aromatic heterocycles. The molecular weight excluding hydrogens is 168 g/mol. The van der Waals surface area contributed by atoms with Gasteiger partial charge in [-0.25, -0.2) is 0 Å². The first kappa shape index (κ1) is 10.2. The number of aryl methyl sites for hydroxylation is 2. The second kappa shape index (κ2) is 4.99. The number of aromatic nitrogens is 2. The Hall–Kier alpha value is -0.870. The number of hydrogen-bond acceptors (Lipinski definition) is 3. The summed E-state index contributed by atoms with van der Waals surface area (Å²) in [6.45, 7) is 3.83. The van der Waals surface area contributed by atoms with Crippen molar-refractivity contribution in [1.29, 1.82) is 0 Å². The molecule has 0 spiro atoms. The predicted octanol–water partition coefficient (Wildman–Crippen LogP) is 0.892. The van der Waals surface area contributed by atoms with E-state index in [1.165, 1.54) is 0 Å². The first-order valence-electron chi connectivity index (χ1n) is 4.30. The van der Waals surface area contributed by atoms with E-state index in [9.17, 15) is 0 Å². The largest absolute Gasteiger partial charge is 0.382 e. The van der Waals surface area contributed by atoms with Crippen LogP contribution in [0.25, 0.3) is 0 Å². The van der Waals surface area contributed by atoms with E-state index in [1.54, 1.807) is 7.11 Å². The second-order valence-corrected chi connectivity index (χ2v) is 2.95. The molecule has 1 aromatic rings. The summed E-state index contributed by atoms with van der Waals surface area (Å²) in [7, 11) is 3.58. The van der Waals surface area contributed by atoms with E-state index in [1.807, 2.05) is 24.7 Å². The Bertz CT molecular complexity index is 258. The molecule has 0 saturated carbocycles. The van der Waals surface area contributed by atoms with Crippen LogP contribution in [0.4, 0.5) is 0 Å². The monoisotopic (exact) mass is 184 g/mol. The van der Waals surface area contributed by atoms with Crippen LogP contribution < -0.4 is 0 Å². The van der Waals surface area contributed by atoms with Crippen molar-refractivity contribution in [2.45, 2.75) is 13.5 Å². The van der Waals surface area contributed by atoms with Crippen molar-refractivity contribution in [2.24, 2.45) is 7.05 Å². The van der Waals surface area contributed by atoms with Gasteiger partial charge in [0.15, 0.2) is 0 Å². The Morgan fingerprint density at radius 1 is 1.46 bits per heavy atom. The summed E-state index contributed by atoms with van der Waals surface area (Å²) in [5.74, 6) is 0. The molecule has 0 aliphatic heterocycles. The highest BCUT2D eigenvalue weighted by Crippen LogP contribution is 2.02. The number of methoxy groups -OCH3 is 1. The molecule has 4 nitrogen and oxygen atoms in total. The second-order valence-electron chi connectivity index (χ2n) is 2.95. The normalized spacial score (nSPS) is 10.7. The average molecular weight is 184 g/mol. The summed E-state index contributed by atoms with van der Waals surface area (Å²) >= 11 is 0. The molecule has 0 saturated heterocycles. The highest BCUT2D eigenvalue weighted by atomic mass is 16.5. The molecule has 0 amide bonds. The van der Waals surface area contributed by atoms with Gasteiger partial charge in [-0.1, -0.05) is 0 Å². The van der Waals surface area contributed by atoms with Crippen LogP contribution in [0.3, 0.4) is 0 Å². The van der Waals surface area contributed by atoms with Gasteiger partial charge in [0.05, 0.1) is 31.2 Å². The molecule has 4 heteroatoms. The number of nitrogens with zero attached hydrogens (tertiary/aromatic N) is 2. The van der Waals surface area contributed by atoms with Crippen molar-refractivity contribution < 1.29 is 9.47 Å². The molecule has 0 aliphatic rings. The van der Waals surface area contributed by atoms with E-state index in [-0.39, 0.29) is 0 Å². The zero-order chi connectivity index (χ0) is 9.68. The van der Waals surface area contributed by atoms with Gasteiger partial charge in [0.1, 0.15) is 0 Å². The molecule has 13 heavy (non-hydrogen) atoms. The zero-order valence-electron chi connectivity index (χ0n) is 8.41. The maximum atomic E-state index is 5.37. The van der Waals surface area contributed by atoms with Gasteiger partial charge in [-0.3, -0.25) is 4.68 Å². The fraction of sp³-hybridized carbons (Fsp3) is 0.667. The standard InChI is InChI=1S/C9H16N2O2/c1-8-6-9(11(2)10-8)7-13-5-4-12-3/h6H,4-5,7H2,1-3H3. The van der Waals surface area contributed by atoms with Crippen LogP contribution in [0.15, 0.2) is 6.07 Å². The maximum absolute atomic E-state index is 5.37. The fourth-order valence-electron chi connectivity index (χ4n) is 1.12. The summed E-state index contributed by atoms with van der Waals surface area (Å²) in [6.07, 6.45) is 0. The van der Waals surface area contributed by atoms with Crippen molar-refractivity contribution in [3.8, 4) is 0 Å². The number of hydrogen-bond donors (Lipinski definition) is 0. The SMILES string of the molecule is COCCOCc1cc(C)nn1C. The molecule has 0 aromatic carbocycles. The van der Waals surface area contributed by atoms with Gasteiger partial charge in [-0.2, -0.15) is 5.10 Å². The Morgan fingerprint density at radius 3 is 2.77 bits per heavy atom. The van der Waals surface area contributed by atoms with Gasteiger partial charge < -0.3 is 9.47 Å². The summed E-state index contributed by atoms with van der Waals surface area (Å²) < 4.78 is 12.1. The molecular formula is C9H16N2O2. The molecule has 0 atom stereocenters. The van der Waals surface area contributed by atoms with Crippen molar-refractivity contribution in [2.75, 3.05) is 20.3 Å². The molecule has 0 fully saturated rings. The number of rotatable bonds is 5. The van der Waals surface area contributed by atoms with E-state index in [4.69, 9.17) is 9.47 Å². The van der Waals surface area contributed by atoms with Crippen LogP contribution in [0.5, 0.6) is 0 Å². The van der Waals surface area contributed by atoms with Crippen LogP contribution in [0, 0.1) is 6.92 Å². The minimum Gasteiger partial charge on any atom is -0.382 e. The molecule has 0 unspecified atom stereocenters. The van der Waals surface area contributed by atoms with E-state index in [0.717, 1.165) is 11.4 Å². The highest BCUT2D eigenvalue weighted by molar-refractivity contribution is 5.07. The van der Waals surface area contributed by atoms with Gasteiger partial charge in [-0.15, -0.1) is 0 Å². The zero-order valence-corrected chi connectivity index (χ0v) is 8.41. The minimum atomic E-state index is 0.598. The van der Waals surface area contributed by atoms with E-state index < -0.39 is 0 Å². The quantitative estimate of drug-likeness (QED) is 0.638. The Labute approximate surface area is 78.5 Å². The third-order valence-corrected chi connectivity index (χ3v) is 1.78. The van der Waals surface area contributed by atoms with Crippen LogP contribution in [-0.4, -0.2) is 30.1 Å². The minimum absolute atomic E-state index is 0.598. The lowest BCUT2D eigenvalue weighted by Crippen LogP contribution is -2.05. The smallest absolute Gasteiger partial charge is 0.0885 e. The topological polar surface area (TPSA) is 36.3 Å². The van der Waals surface area contributed by atoms with Crippen molar-refractivity contribution in [3.05, 3.63) is 17.5 Å². The van der Waals surface area contributed by atoms with E-state index in [0.29, 0.717) is 19.8 Å². The van der Waals surface area contributed by atoms with Crippen molar-refractivity contribution in [1.82, 2.24) is 9.78 Å². The molecule has 0 aliphatic carbocycles. The molecule has 0 N–H and O–H groups in total. The van der Waals surface area contributed by atoms with Crippen molar-refractivity contribution in [3.63, 3.8) is 0 Å². The van der Waals surface area contributed by atoms with Gasteiger partial charge in [0.2, 0.25) is 0 Å². The lowest BCUT2D eigenvalue weighted by Gasteiger charge is -2.03. The van der Waals surface area contributed by atoms with Crippen molar-refractivity contribution >= 4 is 0 Å². The van der Waals surface area contributed by atoms with Gasteiger partial charge >= 0.3 is 0 Å². The van der Waals surface area contributed by atoms with Crippen LogP contribution >= 0.6 is 0 Å². The van der Waals surface area contributed by atoms with Crippen LogP contribution in [-0.2, 0) is 23.1 Å². The van der Waals surface area contributed by atoms with Gasteiger partial charge in [0, 0.05) is 14.2 Å². The maximum Gasteiger partial charge on any atom is 0.0885 e. The van der Waals surface area contributed by atoms with Gasteiger partial charge in [0.25, 0.3) is 0 Å². The van der Waals surface area contributed by atoms with Gasteiger partial charge in [-0.05, 0) is 13.0 Å². The first-order chi connectivity index (χ1) is 6.24. The van der Waals surface area contributed by atoms with E-state index in [2.05, 4.69) is 5.10 Å². The first-order valence-corrected chi connectivity index (χ1v) is 4.30. The summed E-state index contributed by atoms with van der Waals surface area (Å²) in [5.41, 5.74) is 2.11. The third kappa shape index (κ3) is 3.16. The average Bonchev–Trinajstić information content (AvgIpc) is 2.39. The fourth-order valence-corrected chi connectivity index (χ4v) is 1.12. The molecule has 0 radical (unpaired) electrons. The van der Waals surface area contributed by atoms with Crippen LogP contribution in [0.2, 0.25) is 0 Å². The Balaban J connectivity index is 2.32. The molecule has 1 heterocycles. The molecule has 74 valence electrons. The Kier molecular flexibility index (Phi) is 3.92. The summed E-state index contributed by atoms with van der Waals surface area (Å²) in [6, 6.07) is 2.02. The highest BCUT2D eigenvalue weighted by Gasteiger charge is 2.00. The predicted molar refractivity (Wildman–Crippen MR) is 49.5 cm³/mol. The molecule has 1 rings (SSSR count). The lowest BCUT2D eigenvalue weighted by atomic mass is 10.4. The van der Waals surface area contributed by atoms with E-state index >= 15 is 0 Å². The third-order valence-electron chi connectivity index (χ3n) is 1.78. The lowest BCUT2D eigenvalue weighted by molar-refractivity contribution is 0.0588. The summed E-state index contributed by atoms with van der Waals surface area (Å²) in [4.78, 5) is 0. The Morgan fingerprint density at radius 2 is 2.23 bits per heavy atom. The number of ether oxygens (including phenoxy) is 2. The van der Waals surface area contributed by atoms with Crippen LogP contribution in [0.1, 0.15) is 11.4 Å². The summed E-state index contributed by atoms with van der Waals surface area (Å²) in [5, 5.41) is 4.22. The molecule has 0 bridgehead atoms.